The number of rotatable bonds is 15. The molecule has 1 aromatic carbocycles. The summed E-state index contributed by atoms with van der Waals surface area (Å²) in [6, 6.07) is 2.86. The summed E-state index contributed by atoms with van der Waals surface area (Å²) in [6.45, 7) is 4.05. The lowest BCUT2D eigenvalue weighted by Gasteiger charge is -2.20. The van der Waals surface area contributed by atoms with Gasteiger partial charge >= 0.3 is 5.97 Å². The highest BCUT2D eigenvalue weighted by Gasteiger charge is 2.23. The van der Waals surface area contributed by atoms with Gasteiger partial charge in [-0.2, -0.15) is 0 Å². The molecule has 1 rings (SSSR count). The first-order valence-electron chi connectivity index (χ1n) is 10.8. The van der Waals surface area contributed by atoms with E-state index in [1.54, 1.807) is 0 Å². The molecule has 0 N–H and O–H groups in total. The molecular weight excluding hydrogens is 400 g/mol. The van der Waals surface area contributed by atoms with Gasteiger partial charge in [0.2, 0.25) is 0 Å². The lowest BCUT2D eigenvalue weighted by atomic mass is 9.99. The van der Waals surface area contributed by atoms with Crippen molar-refractivity contribution in [3.8, 4) is 12.3 Å². The first-order chi connectivity index (χ1) is 14.7. The van der Waals surface area contributed by atoms with E-state index in [2.05, 4.69) is 5.92 Å². The molecule has 0 unspecified atom stereocenters. The molecule has 0 bridgehead atoms. The number of benzene rings is 1. The van der Waals surface area contributed by atoms with Crippen LogP contribution in [0.5, 0.6) is 0 Å². The van der Waals surface area contributed by atoms with Gasteiger partial charge < -0.3 is 4.74 Å². The Morgan fingerprint density at radius 2 is 1.48 bits per heavy atom. The summed E-state index contributed by atoms with van der Waals surface area (Å²) in [5, 5.41) is 22.1. The van der Waals surface area contributed by atoms with Crippen molar-refractivity contribution in [1.29, 1.82) is 0 Å². The van der Waals surface area contributed by atoms with Crippen molar-refractivity contribution in [2.24, 2.45) is 5.92 Å². The number of nitro groups is 2. The van der Waals surface area contributed by atoms with Gasteiger partial charge in [0.05, 0.1) is 21.5 Å². The highest BCUT2D eigenvalue weighted by molar-refractivity contribution is 5.91. The van der Waals surface area contributed by atoms with E-state index in [9.17, 15) is 25.0 Å². The molecule has 1 aromatic rings. The Hall–Kier alpha value is -2.95. The van der Waals surface area contributed by atoms with E-state index in [1.807, 2.05) is 13.8 Å². The second-order valence-corrected chi connectivity index (χ2v) is 8.13. The van der Waals surface area contributed by atoms with E-state index in [4.69, 9.17) is 11.2 Å². The highest BCUT2D eigenvalue weighted by atomic mass is 16.6. The molecule has 0 spiro atoms. The fourth-order valence-corrected chi connectivity index (χ4v) is 3.38. The van der Waals surface area contributed by atoms with Crippen LogP contribution in [0.1, 0.15) is 88.4 Å². The van der Waals surface area contributed by atoms with Crippen LogP contribution in [-0.2, 0) is 4.74 Å². The molecule has 0 aromatic heterocycles. The number of carbonyl (C=O) groups excluding carboxylic acids is 1. The fraction of sp³-hybridized carbons (Fsp3) is 0.609. The van der Waals surface area contributed by atoms with E-state index in [0.717, 1.165) is 69.6 Å². The maximum atomic E-state index is 12.6. The van der Waals surface area contributed by atoms with Crippen LogP contribution in [-0.4, -0.2) is 21.9 Å². The summed E-state index contributed by atoms with van der Waals surface area (Å²) >= 11 is 0. The second-order valence-electron chi connectivity index (χ2n) is 8.13. The molecule has 0 amide bonds. The number of unbranched alkanes of at least 4 members (excludes halogenated alkanes) is 7. The van der Waals surface area contributed by atoms with Crippen LogP contribution >= 0.6 is 0 Å². The van der Waals surface area contributed by atoms with Crippen LogP contribution in [0.2, 0.25) is 0 Å². The Balaban J connectivity index is 2.63. The monoisotopic (exact) mass is 432 g/mol. The standard InChI is InChI=1S/C23H32N2O6/c1-4-5-6-7-8-9-10-11-12-13-22(14-18(2)3)31-23(26)19-15-20(24(27)28)17-21(16-19)25(29)30/h1,15-18,22H,5-14H2,2-3H3/t22-/m0/s1. The lowest BCUT2D eigenvalue weighted by molar-refractivity contribution is -0.394. The smallest absolute Gasteiger partial charge is 0.338 e. The molecule has 0 heterocycles. The van der Waals surface area contributed by atoms with Crippen molar-refractivity contribution in [3.05, 3.63) is 44.0 Å². The van der Waals surface area contributed by atoms with Gasteiger partial charge in [0, 0.05) is 18.6 Å². The number of hydrogen-bond donors (Lipinski definition) is 0. The van der Waals surface area contributed by atoms with Crippen molar-refractivity contribution in [2.75, 3.05) is 0 Å². The molecule has 0 saturated carbocycles. The van der Waals surface area contributed by atoms with Crippen LogP contribution < -0.4 is 0 Å². The van der Waals surface area contributed by atoms with Crippen molar-refractivity contribution < 1.29 is 19.4 Å². The van der Waals surface area contributed by atoms with Gasteiger partial charge in [-0.15, -0.1) is 12.3 Å². The van der Waals surface area contributed by atoms with Gasteiger partial charge in [-0.3, -0.25) is 20.2 Å². The van der Waals surface area contributed by atoms with Gasteiger partial charge in [-0.1, -0.05) is 46.0 Å². The van der Waals surface area contributed by atoms with Gasteiger partial charge in [0.25, 0.3) is 11.4 Å². The molecule has 8 heteroatoms. The topological polar surface area (TPSA) is 113 Å². The summed E-state index contributed by atoms with van der Waals surface area (Å²) in [4.78, 5) is 33.1. The minimum Gasteiger partial charge on any atom is -0.459 e. The van der Waals surface area contributed by atoms with E-state index in [0.29, 0.717) is 18.8 Å². The zero-order valence-corrected chi connectivity index (χ0v) is 18.4. The van der Waals surface area contributed by atoms with Crippen LogP contribution in [0.25, 0.3) is 0 Å². The molecule has 31 heavy (non-hydrogen) atoms. The maximum Gasteiger partial charge on any atom is 0.338 e. The summed E-state index contributed by atoms with van der Waals surface area (Å²) < 4.78 is 5.59. The second kappa shape index (κ2) is 14.1. The summed E-state index contributed by atoms with van der Waals surface area (Å²) in [7, 11) is 0. The normalized spacial score (nSPS) is 11.7. The van der Waals surface area contributed by atoms with Gasteiger partial charge in [-0.25, -0.2) is 4.79 Å². The largest absolute Gasteiger partial charge is 0.459 e. The van der Waals surface area contributed by atoms with Gasteiger partial charge in [0.1, 0.15) is 6.10 Å². The number of nitrogens with zero attached hydrogens (tertiary/aromatic N) is 2. The molecule has 1 atom stereocenters. The van der Waals surface area contributed by atoms with E-state index < -0.39 is 27.2 Å². The molecule has 0 fully saturated rings. The third-order valence-electron chi connectivity index (χ3n) is 4.92. The summed E-state index contributed by atoms with van der Waals surface area (Å²) in [5.74, 6) is 2.17. The average molecular weight is 433 g/mol. The van der Waals surface area contributed by atoms with Crippen molar-refractivity contribution in [2.45, 2.75) is 84.2 Å². The van der Waals surface area contributed by atoms with E-state index in [-0.39, 0.29) is 11.7 Å². The number of non-ortho nitro benzene ring substituents is 2. The predicted octanol–water partition coefficient (Wildman–Crippen LogP) is 6.22. The molecule has 170 valence electrons. The Morgan fingerprint density at radius 3 is 1.97 bits per heavy atom. The van der Waals surface area contributed by atoms with Crippen LogP contribution in [0.15, 0.2) is 18.2 Å². The predicted molar refractivity (Wildman–Crippen MR) is 119 cm³/mol. The molecule has 8 nitrogen and oxygen atoms in total. The Bertz CT molecular complexity index is 753. The first-order valence-corrected chi connectivity index (χ1v) is 10.8. The molecule has 0 radical (unpaired) electrons. The number of ether oxygens (including phenoxy) is 1. The van der Waals surface area contributed by atoms with Crippen LogP contribution in [0.4, 0.5) is 11.4 Å². The third-order valence-corrected chi connectivity index (χ3v) is 4.92. The van der Waals surface area contributed by atoms with Gasteiger partial charge in [-0.05, 0) is 31.6 Å². The number of nitro benzene ring substituents is 2. The number of carbonyl (C=O) groups is 1. The zero-order valence-electron chi connectivity index (χ0n) is 18.4. The summed E-state index contributed by atoms with van der Waals surface area (Å²) in [5.41, 5.74) is -1.20. The first kappa shape index (κ1) is 26.1. The highest BCUT2D eigenvalue weighted by Crippen LogP contribution is 2.25. The molecule has 0 saturated heterocycles. The van der Waals surface area contributed by atoms with Crippen molar-refractivity contribution in [1.82, 2.24) is 0 Å². The Morgan fingerprint density at radius 1 is 0.968 bits per heavy atom. The fourth-order valence-electron chi connectivity index (χ4n) is 3.38. The minimum atomic E-state index is -0.772. The third kappa shape index (κ3) is 10.6. The van der Waals surface area contributed by atoms with E-state index in [1.165, 1.54) is 0 Å². The number of terminal acetylenes is 1. The van der Waals surface area contributed by atoms with Crippen LogP contribution in [0, 0.1) is 38.5 Å². The molecular formula is C23H32N2O6. The molecule has 0 aliphatic carbocycles. The SMILES string of the molecule is C#CCCCCCCCCC[C@@H](CC(C)C)OC(=O)c1cc([N+](=O)[O-])cc([N+](=O)[O-])c1. The van der Waals surface area contributed by atoms with E-state index >= 15 is 0 Å². The summed E-state index contributed by atoms with van der Waals surface area (Å²) in [6.07, 6.45) is 14.7. The molecule has 0 aliphatic heterocycles. The van der Waals surface area contributed by atoms with Crippen LogP contribution in [0.3, 0.4) is 0 Å². The van der Waals surface area contributed by atoms with Gasteiger partial charge in [0.15, 0.2) is 0 Å². The van der Waals surface area contributed by atoms with Crippen molar-refractivity contribution in [3.63, 3.8) is 0 Å². The van der Waals surface area contributed by atoms with Crippen molar-refractivity contribution >= 4 is 17.3 Å². The molecule has 0 aliphatic rings. The Kier molecular flexibility index (Phi) is 11.9. The lowest BCUT2D eigenvalue weighted by Crippen LogP contribution is -2.20. The minimum absolute atomic E-state index is 0.179. The number of hydrogen-bond acceptors (Lipinski definition) is 6. The quantitative estimate of drug-likeness (QED) is 0.107. The zero-order chi connectivity index (χ0) is 23.2. The average Bonchev–Trinajstić information content (AvgIpc) is 2.71. The number of esters is 1. The Labute approximate surface area is 183 Å². The maximum absolute atomic E-state index is 12.6.